The molecule has 0 fully saturated rings. The number of hydrogen-bond donors (Lipinski definition) is 1. The number of ether oxygens (including phenoxy) is 1. The molecule has 0 aromatic heterocycles. The average molecular weight is 485 g/mol. The number of benzene rings is 1. The van der Waals surface area contributed by atoms with E-state index in [4.69, 9.17) is 32.5 Å². The van der Waals surface area contributed by atoms with Crippen LogP contribution in [0.15, 0.2) is 11.0 Å². The van der Waals surface area contributed by atoms with Crippen molar-refractivity contribution in [1.82, 2.24) is 0 Å². The lowest BCUT2D eigenvalue weighted by molar-refractivity contribution is -0.890. The molecule has 164 valence electrons. The van der Waals surface area contributed by atoms with Crippen LogP contribution in [0.5, 0.6) is 0 Å². The lowest BCUT2D eigenvalue weighted by atomic mass is 10.0. The number of fused-ring (bicyclic) bond motifs is 1. The number of hydrogen-bond acceptors (Lipinski definition) is 5. The zero-order valence-electron chi connectivity index (χ0n) is 16.9. The van der Waals surface area contributed by atoms with Crippen LogP contribution < -0.4 is 0 Å². The summed E-state index contributed by atoms with van der Waals surface area (Å²) in [6, 6.07) is 1.79. The van der Waals surface area contributed by atoms with E-state index in [1.54, 1.807) is 6.07 Å². The minimum atomic E-state index is -3.89. The fourth-order valence-electron chi connectivity index (χ4n) is 3.17. The van der Waals surface area contributed by atoms with E-state index in [0.29, 0.717) is 52.6 Å². The molecule has 0 spiro atoms. The fourth-order valence-corrected chi connectivity index (χ4v) is 5.68. The van der Waals surface area contributed by atoms with E-state index >= 15 is 0 Å². The molecule has 1 aliphatic heterocycles. The molecule has 6 nitrogen and oxygen atoms in total. The number of carbonyl (C=O) groups excluding carboxylic acids is 1. The number of unbranched alkanes of at least 4 members (excludes halogenated alkanes) is 1. The Balaban J connectivity index is 1.79. The van der Waals surface area contributed by atoms with Crippen LogP contribution in [0.4, 0.5) is 0 Å². The zero-order chi connectivity index (χ0) is 21.8. The molecule has 1 heterocycles. The van der Waals surface area contributed by atoms with Crippen LogP contribution in [0.1, 0.15) is 35.2 Å². The lowest BCUT2D eigenvalue weighted by Gasteiger charge is -2.30. The van der Waals surface area contributed by atoms with Crippen LogP contribution in [0.2, 0.25) is 10.0 Å². The lowest BCUT2D eigenvalue weighted by Crippen LogP contribution is -2.43. The first kappa shape index (κ1) is 24.9. The third kappa shape index (κ3) is 7.69. The van der Waals surface area contributed by atoms with Crippen molar-refractivity contribution >= 4 is 50.9 Å². The van der Waals surface area contributed by atoms with Gasteiger partial charge in [0, 0.05) is 16.6 Å². The van der Waals surface area contributed by atoms with Crippen molar-refractivity contribution in [2.24, 2.45) is 0 Å². The number of rotatable bonds is 10. The highest BCUT2D eigenvalue weighted by atomic mass is 35.5. The van der Waals surface area contributed by atoms with Crippen molar-refractivity contribution in [3.05, 3.63) is 27.2 Å². The van der Waals surface area contributed by atoms with Crippen molar-refractivity contribution in [3.63, 3.8) is 0 Å². The van der Waals surface area contributed by atoms with Crippen LogP contribution in [0.3, 0.4) is 0 Å². The van der Waals surface area contributed by atoms with Crippen LogP contribution in [-0.4, -0.2) is 74.6 Å². The van der Waals surface area contributed by atoms with Gasteiger partial charge in [-0.25, -0.2) is 0 Å². The Kier molecular flexibility index (Phi) is 8.86. The number of nitrogens with zero attached hydrogens (tertiary/aromatic N) is 1. The summed E-state index contributed by atoms with van der Waals surface area (Å²) in [5.74, 6) is -0.206. The van der Waals surface area contributed by atoms with Gasteiger partial charge < -0.3 is 9.22 Å². The average Bonchev–Trinajstić information content (AvgIpc) is 2.59. The molecule has 2 rings (SSSR count). The van der Waals surface area contributed by atoms with Crippen molar-refractivity contribution in [2.75, 3.05) is 46.2 Å². The normalized spacial score (nSPS) is 17.4. The summed E-state index contributed by atoms with van der Waals surface area (Å²) in [5.41, 5.74) is 1.33. The van der Waals surface area contributed by atoms with Crippen LogP contribution >= 0.6 is 35.0 Å². The van der Waals surface area contributed by atoms with E-state index in [2.05, 4.69) is 14.1 Å². The van der Waals surface area contributed by atoms with Crippen LogP contribution in [0, 0.1) is 6.92 Å². The van der Waals surface area contributed by atoms with Crippen LogP contribution in [0.25, 0.3) is 0 Å². The molecule has 0 saturated heterocycles. The Labute approximate surface area is 187 Å². The van der Waals surface area contributed by atoms with Crippen molar-refractivity contribution in [3.8, 4) is 0 Å². The highest BCUT2D eigenvalue weighted by Crippen LogP contribution is 2.44. The largest absolute Gasteiger partial charge is 0.374 e. The van der Waals surface area contributed by atoms with Crippen LogP contribution in [-0.2, 0) is 14.9 Å². The van der Waals surface area contributed by atoms with Gasteiger partial charge in [0.2, 0.25) is 0 Å². The monoisotopic (exact) mass is 484 g/mol. The highest BCUT2D eigenvalue weighted by Gasteiger charge is 2.30. The summed E-state index contributed by atoms with van der Waals surface area (Å²) in [7, 11) is 0.215. The topological polar surface area (TPSA) is 80.7 Å². The molecule has 0 bridgehead atoms. The second-order valence-corrected chi connectivity index (χ2v) is 11.7. The third-order valence-electron chi connectivity index (χ3n) is 4.89. The van der Waals surface area contributed by atoms with Crippen molar-refractivity contribution < 1.29 is 27.0 Å². The van der Waals surface area contributed by atoms with Gasteiger partial charge in [0.25, 0.3) is 10.1 Å². The molecule has 1 N–H and O–H groups in total. The molecule has 1 atom stereocenters. The Morgan fingerprint density at radius 2 is 1.97 bits per heavy atom. The van der Waals surface area contributed by atoms with E-state index in [0.717, 1.165) is 23.5 Å². The smallest absolute Gasteiger partial charge is 0.264 e. The summed E-state index contributed by atoms with van der Waals surface area (Å²) < 4.78 is 36.8. The number of halogens is 2. The molecule has 1 aromatic rings. The van der Waals surface area contributed by atoms with E-state index in [-0.39, 0.29) is 16.8 Å². The molecule has 0 radical (unpaired) electrons. The summed E-state index contributed by atoms with van der Waals surface area (Å²) in [6.45, 7) is 4.37. The van der Waals surface area contributed by atoms with Gasteiger partial charge in [-0.05, 0) is 31.4 Å². The number of aryl methyl sites for hydroxylation is 1. The first-order chi connectivity index (χ1) is 13.4. The van der Waals surface area contributed by atoms with Gasteiger partial charge in [-0.3, -0.25) is 9.35 Å². The Hall–Kier alpha value is -0.350. The standard InChI is InChI=1S/C19H27Cl2NO5S2/c1-13-10-15(20)19-17(18(13)21)16(23)11-14(28-19)12-27-8-7-22(2,3)6-4-5-9-29(24,25)26/h10,14H,4-9,11-12H2,1-3H3/p+1. The van der Waals surface area contributed by atoms with E-state index < -0.39 is 10.1 Å². The molecule has 1 aliphatic rings. The number of carbonyl (C=O) groups is 1. The minimum absolute atomic E-state index is 0.00195. The van der Waals surface area contributed by atoms with E-state index in [1.807, 2.05) is 6.92 Å². The number of likely N-dealkylation sites (N-methyl/N-ethyl adjacent to an activating group) is 1. The first-order valence-electron chi connectivity index (χ1n) is 9.43. The number of Topliss-reactive ketones (excluding diaryl/α,β-unsaturated/α-hetero) is 1. The quantitative estimate of drug-likeness (QED) is 0.305. The second-order valence-electron chi connectivity index (χ2n) is 8.01. The maximum atomic E-state index is 12.6. The summed E-state index contributed by atoms with van der Waals surface area (Å²) in [6.07, 6.45) is 1.50. The van der Waals surface area contributed by atoms with Gasteiger partial charge in [0.1, 0.15) is 6.54 Å². The Morgan fingerprint density at radius 3 is 2.62 bits per heavy atom. The predicted octanol–water partition coefficient (Wildman–Crippen LogP) is 4.11. The van der Waals surface area contributed by atoms with Gasteiger partial charge in [-0.1, -0.05) is 23.2 Å². The number of quaternary nitrogens is 1. The van der Waals surface area contributed by atoms with Gasteiger partial charge >= 0.3 is 0 Å². The summed E-state index contributed by atoms with van der Waals surface area (Å²) >= 11 is 14.2. The molecule has 1 unspecified atom stereocenters. The zero-order valence-corrected chi connectivity index (χ0v) is 20.1. The van der Waals surface area contributed by atoms with Gasteiger partial charge in [-0.15, -0.1) is 11.8 Å². The van der Waals surface area contributed by atoms with Crippen molar-refractivity contribution in [1.29, 1.82) is 0 Å². The maximum Gasteiger partial charge on any atom is 0.264 e. The van der Waals surface area contributed by atoms with E-state index in [9.17, 15) is 13.2 Å². The molecule has 29 heavy (non-hydrogen) atoms. The van der Waals surface area contributed by atoms with Gasteiger partial charge in [0.15, 0.2) is 5.78 Å². The molecule has 10 heteroatoms. The molecular formula is C19H28Cl2NO5S2+. The minimum Gasteiger partial charge on any atom is -0.374 e. The molecule has 0 saturated carbocycles. The molecule has 0 aliphatic carbocycles. The first-order valence-corrected chi connectivity index (χ1v) is 12.7. The SMILES string of the molecule is Cc1cc(Cl)c2c(c1Cl)C(=O)CC(COCC[N+](C)(C)CCCCS(=O)(=O)O)S2. The maximum absolute atomic E-state index is 12.6. The van der Waals surface area contributed by atoms with E-state index in [1.165, 1.54) is 11.8 Å². The second kappa shape index (κ2) is 10.3. The van der Waals surface area contributed by atoms with Gasteiger partial charge in [-0.2, -0.15) is 8.42 Å². The third-order valence-corrected chi connectivity index (χ3v) is 7.89. The fraction of sp³-hybridized carbons (Fsp3) is 0.632. The predicted molar refractivity (Wildman–Crippen MR) is 118 cm³/mol. The van der Waals surface area contributed by atoms with Gasteiger partial charge in [0.05, 0.1) is 55.2 Å². The Morgan fingerprint density at radius 1 is 1.28 bits per heavy atom. The summed E-state index contributed by atoms with van der Waals surface area (Å²) in [4.78, 5) is 13.3. The molecule has 0 amide bonds. The number of thioether (sulfide) groups is 1. The van der Waals surface area contributed by atoms with Crippen molar-refractivity contribution in [2.45, 2.75) is 36.3 Å². The molecular weight excluding hydrogens is 457 g/mol. The molecule has 1 aromatic carbocycles. The Bertz CT molecular complexity index is 859. The summed E-state index contributed by atoms with van der Waals surface area (Å²) in [5, 5.41) is 1.03. The highest BCUT2D eigenvalue weighted by molar-refractivity contribution is 8.00. The number of ketones is 1.